The zero-order valence-electron chi connectivity index (χ0n) is 44.4. The number of allylic oxidation sites excluding steroid dienone is 10. The fourth-order valence-corrected chi connectivity index (χ4v) is 8.19. The first-order chi connectivity index (χ1) is 33.0. The van der Waals surface area contributed by atoms with Crippen LogP contribution in [0.2, 0.25) is 0 Å². The number of esters is 3. The van der Waals surface area contributed by atoms with Crippen LogP contribution >= 0.6 is 0 Å². The molecule has 67 heavy (non-hydrogen) atoms. The molecule has 6 nitrogen and oxygen atoms in total. The number of hydrogen-bond donors (Lipinski definition) is 0. The van der Waals surface area contributed by atoms with Crippen LogP contribution in [0, 0.1) is 0 Å². The standard InChI is InChI=1S/C61H108O6/c1-4-7-10-13-16-18-20-22-24-26-28-29-30-31-33-34-36-38-40-42-45-48-51-54-60(63)66-57-58(56-65-59(62)53-50-47-44-15-12-9-6-3)67-61(64)55-52-49-46-43-41-39-37-35-32-27-25-23-21-19-17-14-11-8-5-2/h8,11,17,19,23,25-26,28,32,35,58H,4-7,9-10,12-16,18,20-22,24,27,29-31,33-34,36-57H2,1-3H3/b11-8-,19-17-,25-23-,28-26-,35-32-. The van der Waals surface area contributed by atoms with E-state index in [4.69, 9.17) is 14.2 Å². The Hall–Kier alpha value is -2.89. The molecule has 0 amide bonds. The predicted octanol–water partition coefficient (Wildman–Crippen LogP) is 19.2. The van der Waals surface area contributed by atoms with E-state index in [-0.39, 0.29) is 31.1 Å². The van der Waals surface area contributed by atoms with Gasteiger partial charge in [0.15, 0.2) is 6.10 Å². The van der Waals surface area contributed by atoms with Crippen LogP contribution in [-0.2, 0) is 28.6 Å². The van der Waals surface area contributed by atoms with Crippen LogP contribution in [0.5, 0.6) is 0 Å². The maximum absolute atomic E-state index is 12.8. The molecule has 0 saturated heterocycles. The Kier molecular flexibility index (Phi) is 53.3. The van der Waals surface area contributed by atoms with E-state index in [1.165, 1.54) is 154 Å². The minimum atomic E-state index is -0.779. The van der Waals surface area contributed by atoms with E-state index in [2.05, 4.69) is 81.5 Å². The van der Waals surface area contributed by atoms with E-state index >= 15 is 0 Å². The monoisotopic (exact) mass is 937 g/mol. The average Bonchev–Trinajstić information content (AvgIpc) is 3.33. The molecule has 0 heterocycles. The summed E-state index contributed by atoms with van der Waals surface area (Å²) in [6, 6.07) is 0. The smallest absolute Gasteiger partial charge is 0.306 e. The molecule has 0 bridgehead atoms. The van der Waals surface area contributed by atoms with Crippen molar-refractivity contribution in [2.45, 2.75) is 297 Å². The van der Waals surface area contributed by atoms with Crippen LogP contribution in [0.1, 0.15) is 290 Å². The van der Waals surface area contributed by atoms with Crippen molar-refractivity contribution in [3.8, 4) is 0 Å². The lowest BCUT2D eigenvalue weighted by Crippen LogP contribution is -2.30. The second kappa shape index (κ2) is 55.7. The van der Waals surface area contributed by atoms with E-state index in [0.717, 1.165) is 96.3 Å². The lowest BCUT2D eigenvalue weighted by Gasteiger charge is -2.18. The molecule has 1 atom stereocenters. The predicted molar refractivity (Wildman–Crippen MR) is 288 cm³/mol. The van der Waals surface area contributed by atoms with Gasteiger partial charge in [0.25, 0.3) is 0 Å². The summed E-state index contributed by atoms with van der Waals surface area (Å²) >= 11 is 0. The SMILES string of the molecule is CC/C=C\C/C=C\C/C=C\C/C=C\CCCCCCCCC(=O)OC(COC(=O)CCCCCCCCC)COC(=O)CCCCCCCCCCCCC/C=C\CCCCCCCCCC. The fourth-order valence-electron chi connectivity index (χ4n) is 8.19. The van der Waals surface area contributed by atoms with Gasteiger partial charge in [-0.3, -0.25) is 14.4 Å². The van der Waals surface area contributed by atoms with Gasteiger partial charge in [0.1, 0.15) is 13.2 Å². The highest BCUT2D eigenvalue weighted by Crippen LogP contribution is 2.16. The van der Waals surface area contributed by atoms with Crippen molar-refractivity contribution in [3.63, 3.8) is 0 Å². The van der Waals surface area contributed by atoms with E-state index in [9.17, 15) is 14.4 Å². The Bertz CT molecular complexity index is 1210. The normalized spacial score (nSPS) is 12.5. The molecule has 0 radical (unpaired) electrons. The molecule has 0 aromatic carbocycles. The molecule has 0 aromatic rings. The lowest BCUT2D eigenvalue weighted by molar-refractivity contribution is -0.167. The number of rotatable bonds is 52. The largest absolute Gasteiger partial charge is 0.462 e. The molecular weight excluding hydrogens is 829 g/mol. The minimum absolute atomic E-state index is 0.0788. The first-order valence-corrected chi connectivity index (χ1v) is 28.8. The molecule has 0 aliphatic heterocycles. The van der Waals surface area contributed by atoms with Crippen LogP contribution < -0.4 is 0 Å². The molecule has 0 N–H and O–H groups in total. The first-order valence-electron chi connectivity index (χ1n) is 28.8. The van der Waals surface area contributed by atoms with E-state index in [1.807, 2.05) is 0 Å². The van der Waals surface area contributed by atoms with Crippen molar-refractivity contribution in [3.05, 3.63) is 60.8 Å². The van der Waals surface area contributed by atoms with Crippen LogP contribution in [0.4, 0.5) is 0 Å². The van der Waals surface area contributed by atoms with Crippen LogP contribution in [0.15, 0.2) is 60.8 Å². The summed E-state index contributed by atoms with van der Waals surface area (Å²) in [5, 5.41) is 0. The highest BCUT2D eigenvalue weighted by molar-refractivity contribution is 5.71. The summed E-state index contributed by atoms with van der Waals surface area (Å²) in [7, 11) is 0. The fraction of sp³-hybridized carbons (Fsp3) is 0.787. The van der Waals surface area contributed by atoms with Crippen molar-refractivity contribution in [1.82, 2.24) is 0 Å². The first kappa shape index (κ1) is 64.1. The van der Waals surface area contributed by atoms with Gasteiger partial charge >= 0.3 is 17.9 Å². The van der Waals surface area contributed by atoms with Crippen molar-refractivity contribution < 1.29 is 28.6 Å². The van der Waals surface area contributed by atoms with Crippen molar-refractivity contribution in [2.75, 3.05) is 13.2 Å². The van der Waals surface area contributed by atoms with Crippen molar-refractivity contribution in [2.24, 2.45) is 0 Å². The molecule has 0 fully saturated rings. The average molecular weight is 938 g/mol. The molecule has 0 aliphatic carbocycles. The number of hydrogen-bond acceptors (Lipinski definition) is 6. The molecule has 0 spiro atoms. The molecule has 1 unspecified atom stereocenters. The Balaban J connectivity index is 4.19. The van der Waals surface area contributed by atoms with Gasteiger partial charge in [-0.05, 0) is 83.5 Å². The second-order valence-corrected chi connectivity index (χ2v) is 19.2. The molecule has 0 aromatic heterocycles. The summed E-state index contributed by atoms with van der Waals surface area (Å²) in [5.41, 5.74) is 0. The van der Waals surface area contributed by atoms with Crippen LogP contribution in [0.3, 0.4) is 0 Å². The maximum Gasteiger partial charge on any atom is 0.306 e. The zero-order chi connectivity index (χ0) is 48.6. The van der Waals surface area contributed by atoms with Gasteiger partial charge < -0.3 is 14.2 Å². The van der Waals surface area contributed by atoms with Gasteiger partial charge in [-0.25, -0.2) is 0 Å². The van der Waals surface area contributed by atoms with Gasteiger partial charge in [0.2, 0.25) is 0 Å². The highest BCUT2D eigenvalue weighted by atomic mass is 16.6. The third kappa shape index (κ3) is 53.9. The van der Waals surface area contributed by atoms with Crippen molar-refractivity contribution >= 4 is 17.9 Å². The van der Waals surface area contributed by atoms with E-state index in [1.54, 1.807) is 0 Å². The Labute approximate surface area is 415 Å². The highest BCUT2D eigenvalue weighted by Gasteiger charge is 2.19. The van der Waals surface area contributed by atoms with Crippen molar-refractivity contribution in [1.29, 1.82) is 0 Å². The van der Waals surface area contributed by atoms with Gasteiger partial charge in [0, 0.05) is 19.3 Å². The Morgan fingerprint density at radius 3 is 0.925 bits per heavy atom. The second-order valence-electron chi connectivity index (χ2n) is 19.2. The van der Waals surface area contributed by atoms with E-state index in [0.29, 0.717) is 19.3 Å². The minimum Gasteiger partial charge on any atom is -0.462 e. The number of carbonyl (C=O) groups excluding carboxylic acids is 3. The lowest BCUT2D eigenvalue weighted by atomic mass is 10.0. The summed E-state index contributed by atoms with van der Waals surface area (Å²) in [6.45, 7) is 6.50. The topological polar surface area (TPSA) is 78.9 Å². The van der Waals surface area contributed by atoms with Gasteiger partial charge in [0.05, 0.1) is 0 Å². The molecule has 0 rings (SSSR count). The molecule has 0 saturated carbocycles. The van der Waals surface area contributed by atoms with Crippen LogP contribution in [0.25, 0.3) is 0 Å². The van der Waals surface area contributed by atoms with Gasteiger partial charge in [-0.15, -0.1) is 0 Å². The number of ether oxygens (including phenoxy) is 3. The summed E-state index contributed by atoms with van der Waals surface area (Å²) < 4.78 is 16.8. The summed E-state index contributed by atoms with van der Waals surface area (Å²) in [4.78, 5) is 37.9. The third-order valence-corrected chi connectivity index (χ3v) is 12.5. The van der Waals surface area contributed by atoms with Gasteiger partial charge in [-0.1, -0.05) is 248 Å². The van der Waals surface area contributed by atoms with E-state index < -0.39 is 6.10 Å². The molecule has 6 heteroatoms. The number of unbranched alkanes of at least 4 members (excludes halogenated alkanes) is 31. The third-order valence-electron chi connectivity index (χ3n) is 12.5. The van der Waals surface area contributed by atoms with Crippen LogP contribution in [-0.4, -0.2) is 37.2 Å². The summed E-state index contributed by atoms with van der Waals surface area (Å²) in [5.74, 6) is -0.891. The van der Waals surface area contributed by atoms with Gasteiger partial charge in [-0.2, -0.15) is 0 Å². The molecular formula is C61H108O6. The Morgan fingerprint density at radius 1 is 0.313 bits per heavy atom. The quantitative estimate of drug-likeness (QED) is 0.0262. The maximum atomic E-state index is 12.8. The Morgan fingerprint density at radius 2 is 0.582 bits per heavy atom. The number of carbonyl (C=O) groups is 3. The molecule has 0 aliphatic rings. The summed E-state index contributed by atoms with van der Waals surface area (Å²) in [6.07, 6.45) is 69.5. The zero-order valence-corrected chi connectivity index (χ0v) is 44.4. The molecule has 388 valence electrons.